The smallest absolute Gasteiger partial charge is 0.234 e. The summed E-state index contributed by atoms with van der Waals surface area (Å²) < 4.78 is 0. The van der Waals surface area contributed by atoms with Gasteiger partial charge in [-0.3, -0.25) is 4.79 Å². The van der Waals surface area contributed by atoms with E-state index in [4.69, 9.17) is 4.98 Å². The molecule has 0 bridgehead atoms. The number of nitrogens with zero attached hydrogens (tertiary/aromatic N) is 2. The van der Waals surface area contributed by atoms with Crippen molar-refractivity contribution in [3.8, 4) is 22.3 Å². The zero-order valence-corrected chi connectivity index (χ0v) is 17.3. The lowest BCUT2D eigenvalue weighted by atomic mass is 9.89. The average Bonchev–Trinajstić information content (AvgIpc) is 3.27. The number of aromatic nitrogens is 1. The highest BCUT2D eigenvalue weighted by molar-refractivity contribution is 8.00. The number of benzene rings is 1. The fourth-order valence-electron chi connectivity index (χ4n) is 3.52. The molecule has 2 heterocycles. The largest absolute Gasteiger partial charge is 0.506 e. The van der Waals surface area contributed by atoms with Crippen LogP contribution in [0.1, 0.15) is 29.7 Å². The van der Waals surface area contributed by atoms with Gasteiger partial charge >= 0.3 is 0 Å². The first-order valence-electron chi connectivity index (χ1n) is 9.37. The van der Waals surface area contributed by atoms with Crippen LogP contribution in [0.5, 0.6) is 5.75 Å². The van der Waals surface area contributed by atoms with Crippen molar-refractivity contribution in [2.24, 2.45) is 0 Å². The molecule has 3 aromatic rings. The van der Waals surface area contributed by atoms with Crippen molar-refractivity contribution < 1.29 is 9.90 Å². The van der Waals surface area contributed by atoms with Crippen molar-refractivity contribution in [1.82, 2.24) is 4.98 Å². The third kappa shape index (κ3) is 4.14. The van der Waals surface area contributed by atoms with Crippen LogP contribution < -0.4 is 5.32 Å². The molecule has 1 aromatic carbocycles. The third-order valence-corrected chi connectivity index (χ3v) is 6.70. The SMILES string of the molecule is N#Cc1c(SCC(=O)Nc2ccccc2O)nc2c(c1-c1cccs1)CCCC2. The van der Waals surface area contributed by atoms with Crippen LogP contribution in [0.4, 0.5) is 5.69 Å². The number of phenolic OH excluding ortho intramolecular Hbond substituents is 1. The Morgan fingerprint density at radius 1 is 1.24 bits per heavy atom. The maximum Gasteiger partial charge on any atom is 0.234 e. The fraction of sp³-hybridized carbons (Fsp3) is 0.227. The number of nitriles is 1. The normalized spacial score (nSPS) is 12.8. The number of aryl methyl sites for hydroxylation is 1. The standard InChI is InChI=1S/C22H19N3O2S2/c23-12-15-21(19-10-5-11-28-19)14-6-1-2-7-16(14)25-22(15)29-13-20(27)24-17-8-3-4-9-18(17)26/h3-5,8-11,26H,1-2,6-7,13H2,(H,24,27). The first-order chi connectivity index (χ1) is 14.2. The second-order valence-electron chi connectivity index (χ2n) is 6.74. The number of rotatable bonds is 5. The number of para-hydroxylation sites is 2. The van der Waals surface area contributed by atoms with E-state index in [0.29, 0.717) is 16.3 Å². The lowest BCUT2D eigenvalue weighted by Gasteiger charge is -2.21. The Bertz CT molecular complexity index is 1090. The Balaban J connectivity index is 1.62. The number of fused-ring (bicyclic) bond motifs is 1. The third-order valence-electron chi connectivity index (χ3n) is 4.84. The second-order valence-corrected chi connectivity index (χ2v) is 8.65. The van der Waals surface area contributed by atoms with Crippen molar-refractivity contribution in [3.05, 3.63) is 58.6 Å². The molecule has 2 aromatic heterocycles. The van der Waals surface area contributed by atoms with Gasteiger partial charge in [0.25, 0.3) is 0 Å². The van der Waals surface area contributed by atoms with Crippen LogP contribution in [0, 0.1) is 11.3 Å². The molecule has 7 heteroatoms. The van der Waals surface area contributed by atoms with Crippen molar-refractivity contribution in [2.75, 3.05) is 11.1 Å². The van der Waals surface area contributed by atoms with E-state index in [1.165, 1.54) is 23.4 Å². The molecule has 0 atom stereocenters. The van der Waals surface area contributed by atoms with Gasteiger partial charge in [0.05, 0.1) is 17.0 Å². The van der Waals surface area contributed by atoms with Crippen molar-refractivity contribution in [2.45, 2.75) is 30.7 Å². The minimum atomic E-state index is -0.252. The van der Waals surface area contributed by atoms with Gasteiger partial charge in [-0.1, -0.05) is 30.0 Å². The number of pyridine rings is 1. The number of carbonyl (C=O) groups is 1. The van der Waals surface area contributed by atoms with Gasteiger partial charge in [-0.2, -0.15) is 5.26 Å². The van der Waals surface area contributed by atoms with E-state index in [1.54, 1.807) is 29.5 Å². The molecule has 2 N–H and O–H groups in total. The van der Waals surface area contributed by atoms with Gasteiger partial charge in [0.15, 0.2) is 0 Å². The van der Waals surface area contributed by atoms with Gasteiger partial charge in [-0.15, -0.1) is 11.3 Å². The molecule has 5 nitrogen and oxygen atoms in total. The quantitative estimate of drug-likeness (QED) is 0.447. The molecule has 0 radical (unpaired) electrons. The van der Waals surface area contributed by atoms with E-state index in [2.05, 4.69) is 11.4 Å². The van der Waals surface area contributed by atoms with Gasteiger partial charge in [-0.05, 0) is 54.8 Å². The molecule has 1 aliphatic carbocycles. The molecule has 4 rings (SSSR count). The van der Waals surface area contributed by atoms with E-state index >= 15 is 0 Å². The van der Waals surface area contributed by atoms with Crippen LogP contribution >= 0.6 is 23.1 Å². The molecule has 29 heavy (non-hydrogen) atoms. The molecular formula is C22H19N3O2S2. The summed E-state index contributed by atoms with van der Waals surface area (Å²) in [5.41, 5.74) is 4.13. The minimum Gasteiger partial charge on any atom is -0.506 e. The maximum atomic E-state index is 12.4. The Labute approximate surface area is 177 Å². The first kappa shape index (κ1) is 19.5. The van der Waals surface area contributed by atoms with Crippen LogP contribution in [0.25, 0.3) is 10.4 Å². The number of hydrogen-bond donors (Lipinski definition) is 2. The predicted octanol–water partition coefficient (Wildman–Crippen LogP) is 5.00. The van der Waals surface area contributed by atoms with Gasteiger partial charge in [0.1, 0.15) is 16.8 Å². The molecule has 0 saturated heterocycles. The molecule has 0 spiro atoms. The van der Waals surface area contributed by atoms with Gasteiger partial charge in [-0.25, -0.2) is 4.98 Å². The molecule has 146 valence electrons. The van der Waals surface area contributed by atoms with Gasteiger partial charge in [0, 0.05) is 16.1 Å². The number of nitrogens with one attached hydrogen (secondary N) is 1. The molecule has 0 saturated carbocycles. The fourth-order valence-corrected chi connectivity index (χ4v) is 5.13. The Hall–Kier alpha value is -2.82. The van der Waals surface area contributed by atoms with Gasteiger partial charge < -0.3 is 10.4 Å². The lowest BCUT2D eigenvalue weighted by molar-refractivity contribution is -0.113. The Morgan fingerprint density at radius 2 is 2.07 bits per heavy atom. The van der Waals surface area contributed by atoms with Crippen LogP contribution in [0.2, 0.25) is 0 Å². The van der Waals surface area contributed by atoms with Crippen molar-refractivity contribution >= 4 is 34.7 Å². The molecule has 0 fully saturated rings. The summed E-state index contributed by atoms with van der Waals surface area (Å²) in [5, 5.41) is 25.0. The zero-order chi connectivity index (χ0) is 20.2. The van der Waals surface area contributed by atoms with E-state index in [9.17, 15) is 15.2 Å². The van der Waals surface area contributed by atoms with E-state index in [1.807, 2.05) is 17.5 Å². The topological polar surface area (TPSA) is 86.0 Å². The summed E-state index contributed by atoms with van der Waals surface area (Å²) in [6, 6.07) is 13.0. The van der Waals surface area contributed by atoms with Crippen LogP contribution in [-0.2, 0) is 17.6 Å². The van der Waals surface area contributed by atoms with Crippen molar-refractivity contribution in [1.29, 1.82) is 5.26 Å². The number of anilines is 1. The summed E-state index contributed by atoms with van der Waals surface area (Å²) >= 11 is 2.89. The average molecular weight is 422 g/mol. The second kappa shape index (κ2) is 8.68. The molecular weight excluding hydrogens is 402 g/mol. The van der Waals surface area contributed by atoms with E-state index in [-0.39, 0.29) is 17.4 Å². The molecule has 1 aliphatic rings. The van der Waals surface area contributed by atoms with Crippen LogP contribution in [-0.4, -0.2) is 21.8 Å². The number of phenols is 1. The molecule has 0 unspecified atom stereocenters. The number of hydrogen-bond acceptors (Lipinski definition) is 6. The Morgan fingerprint density at radius 3 is 2.83 bits per heavy atom. The molecule has 0 aliphatic heterocycles. The van der Waals surface area contributed by atoms with E-state index < -0.39 is 0 Å². The summed E-state index contributed by atoms with van der Waals surface area (Å²) in [6.45, 7) is 0. The van der Waals surface area contributed by atoms with Gasteiger partial charge in [0.2, 0.25) is 5.91 Å². The highest BCUT2D eigenvalue weighted by Gasteiger charge is 2.24. The number of aromatic hydroxyl groups is 1. The number of carbonyl (C=O) groups excluding carboxylic acids is 1. The Kier molecular flexibility index (Phi) is 5.84. The van der Waals surface area contributed by atoms with Crippen LogP contribution in [0.3, 0.4) is 0 Å². The highest BCUT2D eigenvalue weighted by Crippen LogP contribution is 2.39. The first-order valence-corrected chi connectivity index (χ1v) is 11.2. The van der Waals surface area contributed by atoms with Crippen molar-refractivity contribution in [3.63, 3.8) is 0 Å². The highest BCUT2D eigenvalue weighted by atomic mass is 32.2. The minimum absolute atomic E-state index is 0.0236. The summed E-state index contributed by atoms with van der Waals surface area (Å²) in [4.78, 5) is 18.2. The number of thioether (sulfide) groups is 1. The molecule has 1 amide bonds. The maximum absolute atomic E-state index is 12.4. The lowest BCUT2D eigenvalue weighted by Crippen LogP contribution is -2.15. The summed E-state index contributed by atoms with van der Waals surface area (Å²) in [6.07, 6.45) is 4.03. The van der Waals surface area contributed by atoms with E-state index in [0.717, 1.165) is 41.8 Å². The zero-order valence-electron chi connectivity index (χ0n) is 15.6. The number of thiophene rings is 1. The predicted molar refractivity (Wildman–Crippen MR) is 116 cm³/mol. The number of amides is 1. The van der Waals surface area contributed by atoms with Crippen LogP contribution in [0.15, 0.2) is 46.8 Å². The monoisotopic (exact) mass is 421 g/mol. The summed E-state index contributed by atoms with van der Waals surface area (Å²) in [5.74, 6) is -0.119. The summed E-state index contributed by atoms with van der Waals surface area (Å²) in [7, 11) is 0.